The Hall–Kier alpha value is -2.30. The molecule has 1 amide bonds. The molecule has 0 unspecified atom stereocenters. The Morgan fingerprint density at radius 3 is 2.65 bits per heavy atom. The molecule has 0 heterocycles. The van der Waals surface area contributed by atoms with Crippen LogP contribution in [0.5, 0.6) is 5.75 Å². The zero-order chi connectivity index (χ0) is 19.1. The van der Waals surface area contributed by atoms with E-state index in [2.05, 4.69) is 5.32 Å². The highest BCUT2D eigenvalue weighted by Gasteiger charge is 2.17. The number of halogens is 1. The molecule has 1 N–H and O–H groups in total. The van der Waals surface area contributed by atoms with Gasteiger partial charge in [-0.2, -0.15) is 0 Å². The van der Waals surface area contributed by atoms with Gasteiger partial charge in [-0.15, -0.1) is 0 Å². The number of carbonyl (C=O) groups is 1. The van der Waals surface area contributed by atoms with Gasteiger partial charge in [-0.25, -0.2) is 0 Å². The summed E-state index contributed by atoms with van der Waals surface area (Å²) in [6.07, 6.45) is 3.29. The Morgan fingerprint density at radius 2 is 2.00 bits per heavy atom. The predicted octanol–water partition coefficient (Wildman–Crippen LogP) is 4.09. The number of nitrogens with one attached hydrogen (secondary N) is 1. The number of likely N-dealkylation sites (N-methyl/N-ethyl adjacent to an activating group) is 1. The summed E-state index contributed by atoms with van der Waals surface area (Å²) in [5.74, 6) is 0.578. The maximum atomic E-state index is 12.3. The van der Waals surface area contributed by atoms with Crippen molar-refractivity contribution in [3.05, 3.63) is 70.3 Å². The summed E-state index contributed by atoms with van der Waals surface area (Å²) in [6.45, 7) is 2.47. The van der Waals surface area contributed by atoms with Crippen molar-refractivity contribution >= 4 is 23.6 Å². The van der Waals surface area contributed by atoms with Crippen LogP contribution in [0.3, 0.4) is 0 Å². The van der Waals surface area contributed by atoms with Crippen molar-refractivity contribution in [3.8, 4) is 5.75 Å². The monoisotopic (exact) mass is 372 g/mol. The second-order valence-electron chi connectivity index (χ2n) is 6.32. The number of benzene rings is 2. The average molecular weight is 373 g/mol. The second-order valence-corrected chi connectivity index (χ2v) is 6.73. The number of rotatable bonds is 7. The van der Waals surface area contributed by atoms with Gasteiger partial charge in [0.05, 0.1) is 13.2 Å². The molecule has 0 aliphatic heterocycles. The summed E-state index contributed by atoms with van der Waals surface area (Å²) in [4.78, 5) is 14.3. The second kappa shape index (κ2) is 9.41. The van der Waals surface area contributed by atoms with Gasteiger partial charge in [0.1, 0.15) is 5.75 Å². The van der Waals surface area contributed by atoms with Crippen LogP contribution in [0.1, 0.15) is 22.7 Å². The van der Waals surface area contributed by atoms with Crippen molar-refractivity contribution in [2.45, 2.75) is 13.0 Å². The van der Waals surface area contributed by atoms with E-state index >= 15 is 0 Å². The summed E-state index contributed by atoms with van der Waals surface area (Å²) < 4.78 is 5.33. The van der Waals surface area contributed by atoms with Gasteiger partial charge in [0.25, 0.3) is 0 Å². The fraction of sp³-hybridized carbons (Fsp3) is 0.286. The molecule has 0 radical (unpaired) electrons. The van der Waals surface area contributed by atoms with Crippen molar-refractivity contribution in [1.29, 1.82) is 0 Å². The first-order valence-corrected chi connectivity index (χ1v) is 8.81. The lowest BCUT2D eigenvalue weighted by Crippen LogP contribution is -2.33. The molecule has 2 rings (SSSR count). The lowest BCUT2D eigenvalue weighted by atomic mass is 10.1. The highest BCUT2D eigenvalue weighted by atomic mass is 35.5. The minimum atomic E-state index is -0.160. The van der Waals surface area contributed by atoms with Crippen LogP contribution >= 0.6 is 11.6 Å². The molecule has 0 bridgehead atoms. The molecule has 4 nitrogen and oxygen atoms in total. The van der Waals surface area contributed by atoms with Gasteiger partial charge in [-0.3, -0.25) is 4.79 Å². The molecule has 2 aromatic rings. The van der Waals surface area contributed by atoms with Gasteiger partial charge in [0.15, 0.2) is 0 Å². The van der Waals surface area contributed by atoms with E-state index in [1.165, 1.54) is 6.08 Å². The third-order valence-corrected chi connectivity index (χ3v) is 4.50. The van der Waals surface area contributed by atoms with Crippen molar-refractivity contribution in [2.24, 2.45) is 0 Å². The molecule has 0 aromatic heterocycles. The number of hydrogen-bond donors (Lipinski definition) is 1. The van der Waals surface area contributed by atoms with Crippen LogP contribution in [0, 0.1) is 6.92 Å². The largest absolute Gasteiger partial charge is 0.496 e. The standard InChI is InChI=1S/C21H25ClN2O2/c1-15-9-11-20(26-4)16(13-15)10-12-21(25)23-14-19(24(2)3)17-7-5-6-8-18(17)22/h5-13,19H,14H2,1-4H3,(H,23,25)/b12-10-/t19-/m1/s1. The third-order valence-electron chi connectivity index (χ3n) is 4.16. The molecule has 0 saturated carbocycles. The highest BCUT2D eigenvalue weighted by Crippen LogP contribution is 2.25. The van der Waals surface area contributed by atoms with Crippen molar-refractivity contribution in [2.75, 3.05) is 27.7 Å². The van der Waals surface area contributed by atoms with Crippen molar-refractivity contribution in [1.82, 2.24) is 10.2 Å². The average Bonchev–Trinajstić information content (AvgIpc) is 2.61. The SMILES string of the molecule is COc1ccc(C)cc1/C=C\C(=O)NC[C@H](c1ccccc1Cl)N(C)C. The van der Waals surface area contributed by atoms with E-state index in [1.807, 2.05) is 68.4 Å². The molecular formula is C21H25ClN2O2. The van der Waals surface area contributed by atoms with Gasteiger partial charge in [0, 0.05) is 23.2 Å². The molecule has 0 fully saturated rings. The zero-order valence-corrected chi connectivity index (χ0v) is 16.4. The lowest BCUT2D eigenvalue weighted by molar-refractivity contribution is -0.116. The van der Waals surface area contributed by atoms with Crippen LogP contribution in [0.25, 0.3) is 6.08 Å². The van der Waals surface area contributed by atoms with Gasteiger partial charge in [-0.1, -0.05) is 41.4 Å². The Labute approximate surface area is 160 Å². The molecule has 5 heteroatoms. The van der Waals surface area contributed by atoms with E-state index in [1.54, 1.807) is 13.2 Å². The summed E-state index contributed by atoms with van der Waals surface area (Å²) in [5, 5.41) is 3.64. The Kier molecular flexibility index (Phi) is 7.25. The predicted molar refractivity (Wildman–Crippen MR) is 108 cm³/mol. The maximum Gasteiger partial charge on any atom is 0.244 e. The molecule has 1 atom stereocenters. The first-order valence-electron chi connectivity index (χ1n) is 8.43. The van der Waals surface area contributed by atoms with E-state index in [-0.39, 0.29) is 11.9 Å². The van der Waals surface area contributed by atoms with Gasteiger partial charge >= 0.3 is 0 Å². The molecule has 0 spiro atoms. The number of ether oxygens (including phenoxy) is 1. The van der Waals surface area contributed by atoms with Gasteiger partial charge in [-0.05, 0) is 50.9 Å². The first kappa shape index (κ1) is 20.0. The first-order chi connectivity index (χ1) is 12.4. The van der Waals surface area contributed by atoms with Crippen LogP contribution < -0.4 is 10.1 Å². The topological polar surface area (TPSA) is 41.6 Å². The quantitative estimate of drug-likeness (QED) is 0.744. The minimum absolute atomic E-state index is 0.00504. The fourth-order valence-electron chi connectivity index (χ4n) is 2.72. The molecule has 26 heavy (non-hydrogen) atoms. The van der Waals surface area contributed by atoms with Crippen LogP contribution in [0.4, 0.5) is 0 Å². The molecule has 2 aromatic carbocycles. The van der Waals surface area contributed by atoms with E-state index in [9.17, 15) is 4.79 Å². The highest BCUT2D eigenvalue weighted by molar-refractivity contribution is 6.31. The Balaban J connectivity index is 2.05. The van der Waals surface area contributed by atoms with Crippen LogP contribution in [0.2, 0.25) is 5.02 Å². The lowest BCUT2D eigenvalue weighted by Gasteiger charge is -2.25. The number of carbonyl (C=O) groups excluding carboxylic acids is 1. The molecular weight excluding hydrogens is 348 g/mol. The summed E-state index contributed by atoms with van der Waals surface area (Å²) in [7, 11) is 5.55. The molecule has 138 valence electrons. The molecule has 0 aliphatic rings. The normalized spacial score (nSPS) is 12.4. The number of methoxy groups -OCH3 is 1. The van der Waals surface area contributed by atoms with Crippen molar-refractivity contribution in [3.63, 3.8) is 0 Å². The minimum Gasteiger partial charge on any atom is -0.496 e. The van der Waals surface area contributed by atoms with Crippen LogP contribution in [0.15, 0.2) is 48.5 Å². The van der Waals surface area contributed by atoms with E-state index in [0.29, 0.717) is 11.6 Å². The molecule has 0 aliphatic carbocycles. The zero-order valence-electron chi connectivity index (χ0n) is 15.6. The van der Waals surface area contributed by atoms with Gasteiger partial charge in [0.2, 0.25) is 5.91 Å². The van der Waals surface area contributed by atoms with Crippen molar-refractivity contribution < 1.29 is 9.53 Å². The number of hydrogen-bond acceptors (Lipinski definition) is 3. The number of nitrogens with zero attached hydrogens (tertiary/aromatic N) is 1. The summed E-state index contributed by atoms with van der Waals surface area (Å²) in [6, 6.07) is 13.5. The third kappa shape index (κ3) is 5.35. The van der Waals surface area contributed by atoms with Gasteiger partial charge < -0.3 is 15.0 Å². The Morgan fingerprint density at radius 1 is 1.27 bits per heavy atom. The van der Waals surface area contributed by atoms with Crippen LogP contribution in [-0.4, -0.2) is 38.6 Å². The van der Waals surface area contributed by atoms with Crippen LogP contribution in [-0.2, 0) is 4.79 Å². The maximum absolute atomic E-state index is 12.3. The van der Waals surface area contributed by atoms with E-state index in [4.69, 9.17) is 16.3 Å². The summed E-state index contributed by atoms with van der Waals surface area (Å²) in [5.41, 5.74) is 2.97. The summed E-state index contributed by atoms with van der Waals surface area (Å²) >= 11 is 6.30. The number of amides is 1. The van der Waals surface area contributed by atoms with E-state index in [0.717, 1.165) is 22.4 Å². The molecule has 0 saturated heterocycles. The smallest absolute Gasteiger partial charge is 0.244 e. The fourth-order valence-corrected chi connectivity index (χ4v) is 2.98. The van der Waals surface area contributed by atoms with E-state index < -0.39 is 0 Å². The Bertz CT molecular complexity index is 787. The number of aryl methyl sites for hydroxylation is 1.